The van der Waals surface area contributed by atoms with Crippen molar-refractivity contribution in [3.05, 3.63) is 26.9 Å². The number of nitrogens with one attached hydrogen (secondary N) is 4. The van der Waals surface area contributed by atoms with E-state index < -0.39 is 11.2 Å². The fraction of sp³-hybridized carbons (Fsp3) is 0. The van der Waals surface area contributed by atoms with Crippen molar-refractivity contribution in [2.24, 2.45) is 0 Å². The van der Waals surface area contributed by atoms with Crippen molar-refractivity contribution in [1.29, 1.82) is 0 Å². The first-order chi connectivity index (χ1) is 8.13. The summed E-state index contributed by atoms with van der Waals surface area (Å²) >= 11 is 0. The van der Waals surface area contributed by atoms with Crippen LogP contribution in [0.15, 0.2) is 15.7 Å². The van der Waals surface area contributed by atoms with E-state index in [2.05, 4.69) is 30.1 Å². The minimum atomic E-state index is -0.607. The third kappa shape index (κ3) is 1.40. The summed E-state index contributed by atoms with van der Waals surface area (Å²) < 4.78 is 0. The lowest BCUT2D eigenvalue weighted by Crippen LogP contribution is -2.21. The lowest BCUT2D eigenvalue weighted by Gasteiger charge is -1.85. The number of nitrogen functional groups attached to an aromatic ring is 1. The van der Waals surface area contributed by atoms with Gasteiger partial charge in [0.05, 0.1) is 0 Å². The molecule has 0 aromatic carbocycles. The van der Waals surface area contributed by atoms with E-state index in [9.17, 15) is 9.59 Å². The molecule has 9 heteroatoms. The lowest BCUT2D eigenvalue weighted by atomic mass is 10.4. The Bertz CT molecular complexity index is 805. The van der Waals surface area contributed by atoms with Crippen LogP contribution in [-0.2, 0) is 0 Å². The van der Waals surface area contributed by atoms with Gasteiger partial charge in [0.15, 0.2) is 11.5 Å². The van der Waals surface area contributed by atoms with Crippen molar-refractivity contribution in [1.82, 2.24) is 30.1 Å². The van der Waals surface area contributed by atoms with Crippen molar-refractivity contribution in [3.8, 4) is 11.5 Å². The zero-order valence-electron chi connectivity index (χ0n) is 8.37. The Kier molecular flexibility index (Phi) is 1.70. The summed E-state index contributed by atoms with van der Waals surface area (Å²) in [5.74, 6) is 0.680. The number of aromatic amines is 4. The third-order valence-corrected chi connectivity index (χ3v) is 2.24. The fourth-order valence-electron chi connectivity index (χ4n) is 1.52. The van der Waals surface area contributed by atoms with Crippen molar-refractivity contribution >= 4 is 17.0 Å². The van der Waals surface area contributed by atoms with Gasteiger partial charge in [-0.05, 0) is 0 Å². The summed E-state index contributed by atoms with van der Waals surface area (Å²) in [4.78, 5) is 33.8. The molecule has 0 aliphatic rings. The molecule has 0 spiro atoms. The third-order valence-electron chi connectivity index (χ3n) is 2.24. The molecule has 3 aromatic rings. The van der Waals surface area contributed by atoms with Crippen molar-refractivity contribution in [2.75, 3.05) is 5.73 Å². The molecule has 0 saturated heterocycles. The quantitative estimate of drug-likeness (QED) is 0.362. The molecule has 0 saturated carbocycles. The number of fused-ring (bicyclic) bond motifs is 1. The number of H-pyrrole nitrogens is 4. The summed E-state index contributed by atoms with van der Waals surface area (Å²) in [5, 5.41) is 6.38. The maximum Gasteiger partial charge on any atom is 0.327 e. The standard InChI is InChI=1S/C8H7N7O2/c9-3-1-2(14-15-3)5-10-4-6(11-5)12-8(17)13-7(4)16/h1H,(H3,9,14,15)(H3,10,11,12,13,16,17). The Balaban J connectivity index is 2.30. The van der Waals surface area contributed by atoms with Gasteiger partial charge < -0.3 is 10.7 Å². The summed E-state index contributed by atoms with van der Waals surface area (Å²) in [5.41, 5.74) is 5.21. The maximum absolute atomic E-state index is 11.5. The summed E-state index contributed by atoms with van der Waals surface area (Å²) in [6.07, 6.45) is 0. The van der Waals surface area contributed by atoms with Gasteiger partial charge in [-0.3, -0.25) is 19.9 Å². The van der Waals surface area contributed by atoms with Crippen LogP contribution in [0.25, 0.3) is 22.7 Å². The van der Waals surface area contributed by atoms with Crippen molar-refractivity contribution in [2.45, 2.75) is 0 Å². The van der Waals surface area contributed by atoms with Crippen LogP contribution in [0.1, 0.15) is 0 Å². The van der Waals surface area contributed by atoms with Gasteiger partial charge in [0.1, 0.15) is 17.0 Å². The minimum Gasteiger partial charge on any atom is -0.382 e. The largest absolute Gasteiger partial charge is 0.382 e. The summed E-state index contributed by atoms with van der Waals surface area (Å²) in [6, 6.07) is 1.56. The predicted molar refractivity (Wildman–Crippen MR) is 59.3 cm³/mol. The number of nitrogens with two attached hydrogens (primary N) is 1. The second kappa shape index (κ2) is 3.07. The van der Waals surface area contributed by atoms with Gasteiger partial charge >= 0.3 is 5.69 Å². The van der Waals surface area contributed by atoms with Crippen LogP contribution in [0.2, 0.25) is 0 Å². The van der Waals surface area contributed by atoms with E-state index in [4.69, 9.17) is 5.73 Å². The van der Waals surface area contributed by atoms with E-state index in [0.717, 1.165) is 0 Å². The molecular formula is C8H7N7O2. The fourth-order valence-corrected chi connectivity index (χ4v) is 1.52. The van der Waals surface area contributed by atoms with Crippen LogP contribution < -0.4 is 17.0 Å². The normalized spacial score (nSPS) is 11.1. The molecule has 6 N–H and O–H groups in total. The highest BCUT2D eigenvalue weighted by molar-refractivity contribution is 5.74. The Hall–Kier alpha value is -2.84. The van der Waals surface area contributed by atoms with Gasteiger partial charge in [-0.25, -0.2) is 9.78 Å². The average Bonchev–Trinajstić information content (AvgIpc) is 2.83. The van der Waals surface area contributed by atoms with Crippen LogP contribution in [0.5, 0.6) is 0 Å². The second-order valence-corrected chi connectivity index (χ2v) is 3.42. The van der Waals surface area contributed by atoms with Crippen LogP contribution >= 0.6 is 0 Å². The van der Waals surface area contributed by atoms with Crippen molar-refractivity contribution < 1.29 is 0 Å². The molecule has 3 heterocycles. The molecule has 0 bridgehead atoms. The van der Waals surface area contributed by atoms with E-state index in [-0.39, 0.29) is 11.2 Å². The van der Waals surface area contributed by atoms with E-state index in [1.54, 1.807) is 6.07 Å². The second-order valence-electron chi connectivity index (χ2n) is 3.42. The highest BCUT2D eigenvalue weighted by atomic mass is 16.2. The topological polar surface area (TPSA) is 149 Å². The predicted octanol–water partition coefficient (Wildman–Crippen LogP) is -1.09. The number of nitrogens with zero attached hydrogens (tertiary/aromatic N) is 2. The Morgan fingerprint density at radius 2 is 2.00 bits per heavy atom. The van der Waals surface area contributed by atoms with Gasteiger partial charge in [-0.15, -0.1) is 0 Å². The van der Waals surface area contributed by atoms with Crippen LogP contribution in [0.3, 0.4) is 0 Å². The SMILES string of the molecule is Nc1cc(-c2nc3[nH]c(=O)[nH]c(=O)c3[nH]2)[nH]n1. The molecule has 0 atom stereocenters. The van der Waals surface area contributed by atoms with E-state index in [0.29, 0.717) is 17.3 Å². The molecule has 0 unspecified atom stereocenters. The first kappa shape index (κ1) is 9.39. The van der Waals surface area contributed by atoms with Crippen LogP contribution in [0.4, 0.5) is 5.82 Å². The first-order valence-electron chi connectivity index (χ1n) is 4.67. The monoisotopic (exact) mass is 233 g/mol. The Morgan fingerprint density at radius 1 is 1.18 bits per heavy atom. The van der Waals surface area contributed by atoms with Gasteiger partial charge in [-0.1, -0.05) is 0 Å². The van der Waals surface area contributed by atoms with Gasteiger partial charge in [-0.2, -0.15) is 5.10 Å². The van der Waals surface area contributed by atoms with Gasteiger partial charge in [0.2, 0.25) is 0 Å². The number of hydrogen-bond acceptors (Lipinski definition) is 5. The molecule has 0 fully saturated rings. The summed E-state index contributed by atoms with van der Waals surface area (Å²) in [6.45, 7) is 0. The van der Waals surface area contributed by atoms with E-state index in [1.165, 1.54) is 0 Å². The van der Waals surface area contributed by atoms with Crippen LogP contribution in [-0.4, -0.2) is 30.1 Å². The lowest BCUT2D eigenvalue weighted by molar-refractivity contribution is 1.07. The Labute approximate surface area is 92.1 Å². The van der Waals surface area contributed by atoms with Gasteiger partial charge in [0.25, 0.3) is 5.56 Å². The van der Waals surface area contributed by atoms with E-state index in [1.807, 2.05) is 0 Å². The average molecular weight is 233 g/mol. The molecule has 0 aliphatic carbocycles. The molecule has 0 amide bonds. The highest BCUT2D eigenvalue weighted by Crippen LogP contribution is 2.16. The molecular weight excluding hydrogens is 226 g/mol. The molecule has 0 radical (unpaired) electrons. The Morgan fingerprint density at radius 3 is 2.71 bits per heavy atom. The highest BCUT2D eigenvalue weighted by Gasteiger charge is 2.10. The molecule has 3 aromatic heterocycles. The zero-order valence-corrected chi connectivity index (χ0v) is 8.37. The number of hydrogen-bond donors (Lipinski definition) is 5. The van der Waals surface area contributed by atoms with Crippen LogP contribution in [0, 0.1) is 0 Å². The van der Waals surface area contributed by atoms with Gasteiger partial charge in [0, 0.05) is 6.07 Å². The zero-order chi connectivity index (χ0) is 12.0. The van der Waals surface area contributed by atoms with Crippen molar-refractivity contribution in [3.63, 3.8) is 0 Å². The molecule has 17 heavy (non-hydrogen) atoms. The minimum absolute atomic E-state index is 0.182. The molecule has 9 nitrogen and oxygen atoms in total. The molecule has 0 aliphatic heterocycles. The number of anilines is 1. The molecule has 86 valence electrons. The smallest absolute Gasteiger partial charge is 0.327 e. The first-order valence-corrected chi connectivity index (χ1v) is 4.67. The molecule has 3 rings (SSSR count). The number of imidazole rings is 1. The van der Waals surface area contributed by atoms with E-state index >= 15 is 0 Å². The summed E-state index contributed by atoms with van der Waals surface area (Å²) in [7, 11) is 0. The maximum atomic E-state index is 11.5. The number of aromatic nitrogens is 6. The number of rotatable bonds is 1.